The number of fused-ring (bicyclic) bond motifs is 1. The first-order valence-electron chi connectivity index (χ1n) is 26.6. The van der Waals surface area contributed by atoms with Gasteiger partial charge in [-0.15, -0.1) is 0 Å². The number of unbranched alkanes of at least 4 members (excludes halogenated alkanes) is 3. The van der Waals surface area contributed by atoms with E-state index in [1.807, 2.05) is 18.2 Å². The van der Waals surface area contributed by atoms with Gasteiger partial charge >= 0.3 is 5.97 Å². The zero-order valence-electron chi connectivity index (χ0n) is 44.9. The molecule has 3 aromatic rings. The average molecular weight is 1110 g/mol. The van der Waals surface area contributed by atoms with Gasteiger partial charge in [0.25, 0.3) is 0 Å². The Labute approximate surface area is 458 Å². The summed E-state index contributed by atoms with van der Waals surface area (Å²) in [6.07, 6.45) is 7.44. The summed E-state index contributed by atoms with van der Waals surface area (Å²) in [6.45, 7) is 1.59. The normalized spacial score (nSPS) is 14.2. The summed E-state index contributed by atoms with van der Waals surface area (Å²) in [5.41, 5.74) is 42.0. The fourth-order valence-electron chi connectivity index (χ4n) is 8.25. The SMILES string of the molecule is C[C@H](NC(=O)[C@@H](N)Cc1cnc[nH]1)C(=O)NCC(=O)N[C@@H](CCN)C(=O)N[C@@H](CCCN=C(N)N)C(=O)N[C@@H](CCCCN)C(=O)N[C@@H](Cc1c[nH]c2ccccc12)C(=O)N[C@@H](CCCCN)C(=O)N[C@@H](CCCCN)C(=O)O. The van der Waals surface area contributed by atoms with Crippen molar-refractivity contribution in [2.75, 3.05) is 39.3 Å². The number of nitrogens with zero attached hydrogens (tertiary/aromatic N) is 2. The highest BCUT2D eigenvalue weighted by molar-refractivity contribution is 5.98. The summed E-state index contributed by atoms with van der Waals surface area (Å²) in [5.74, 6) is -7.64. The molecule has 0 fully saturated rings. The van der Waals surface area contributed by atoms with Gasteiger partial charge in [0.15, 0.2) is 5.96 Å². The Balaban J connectivity index is 1.87. The number of H-pyrrole nitrogens is 2. The fraction of sp³-hybridized carbons (Fsp3) is 0.580. The van der Waals surface area contributed by atoms with Gasteiger partial charge in [-0.05, 0) is 122 Å². The molecule has 0 bridgehead atoms. The third-order valence-corrected chi connectivity index (χ3v) is 12.6. The number of nitrogens with one attached hydrogen (secondary N) is 10. The van der Waals surface area contributed by atoms with Crippen molar-refractivity contribution < 1.29 is 48.3 Å². The van der Waals surface area contributed by atoms with Crippen LogP contribution in [0, 0.1) is 0 Å². The van der Waals surface area contributed by atoms with E-state index >= 15 is 0 Å². The molecule has 29 heteroatoms. The van der Waals surface area contributed by atoms with Crippen LogP contribution in [0.25, 0.3) is 10.9 Å². The number of carboxylic acids is 1. The molecule has 2 aromatic heterocycles. The number of guanidine groups is 1. The number of aliphatic imine (C=N–C) groups is 1. The van der Waals surface area contributed by atoms with E-state index in [0.717, 1.165) is 10.9 Å². The van der Waals surface area contributed by atoms with Crippen LogP contribution >= 0.6 is 0 Å². The molecule has 79 heavy (non-hydrogen) atoms. The number of carboxylic acid groups (broad SMARTS) is 1. The molecule has 0 aliphatic heterocycles. The Morgan fingerprint density at radius 3 is 1.61 bits per heavy atom. The smallest absolute Gasteiger partial charge is 0.326 e. The van der Waals surface area contributed by atoms with Crippen LogP contribution in [0.5, 0.6) is 0 Å². The summed E-state index contributed by atoms with van der Waals surface area (Å²) in [4.78, 5) is 136. The highest BCUT2D eigenvalue weighted by atomic mass is 16.4. The molecule has 0 radical (unpaired) electrons. The first kappa shape index (κ1) is 65.6. The van der Waals surface area contributed by atoms with Gasteiger partial charge in [-0.3, -0.25) is 43.3 Å². The van der Waals surface area contributed by atoms with Crippen LogP contribution in [0.1, 0.15) is 95.2 Å². The standard InChI is InChI=1S/C50H83N19O10/c1-29(63-43(72)33(55)24-31-26-58-28-62-31)42(71)61-27-41(70)64-38(17-21-54)47(76)66-37(16-10-22-59-50(56)57)44(73)65-36(14-5-8-19-52)46(75)69-40(23-30-25-60-34-12-3-2-11-32(30)34)48(77)67-35(13-4-7-18-51)45(74)68-39(49(78)79)15-6-9-20-53/h2-3,11-12,25-26,28-29,33,35-40,60H,4-10,13-24,27,51-55H2,1H3,(H,58,62)(H,61,71)(H,63,72)(H,64,70)(H,65,73)(H,66,76)(H,67,77)(H,68,74)(H,69,75)(H,78,79)(H4,56,57,59)/t29-,33-,35-,36-,37-,38-,39-,40-/m0/s1. The third kappa shape index (κ3) is 23.8. The molecule has 2 heterocycles. The van der Waals surface area contributed by atoms with Crippen molar-refractivity contribution in [3.63, 3.8) is 0 Å². The Morgan fingerprint density at radius 1 is 0.582 bits per heavy atom. The Hall–Kier alpha value is -7.73. The number of rotatable bonds is 39. The number of imidazole rings is 1. The topological polar surface area (TPSA) is 509 Å². The van der Waals surface area contributed by atoms with Crippen molar-refractivity contribution in [3.05, 3.63) is 54.2 Å². The number of carbonyl (C=O) groups excluding carboxylic acids is 8. The molecular weight excluding hydrogens is 1030 g/mol. The fourth-order valence-corrected chi connectivity index (χ4v) is 8.25. The van der Waals surface area contributed by atoms with Gasteiger partial charge in [-0.1, -0.05) is 18.2 Å². The largest absolute Gasteiger partial charge is 0.480 e. The lowest BCUT2D eigenvalue weighted by atomic mass is 10.0. The van der Waals surface area contributed by atoms with Crippen molar-refractivity contribution in [1.82, 2.24) is 57.5 Å². The predicted octanol–water partition coefficient (Wildman–Crippen LogP) is -4.59. The van der Waals surface area contributed by atoms with Crippen LogP contribution < -0.4 is 82.7 Å². The van der Waals surface area contributed by atoms with E-state index in [2.05, 4.69) is 62.5 Å². The first-order chi connectivity index (χ1) is 37.8. The number of aromatic amines is 2. The van der Waals surface area contributed by atoms with Gasteiger partial charge in [0, 0.05) is 48.4 Å². The van der Waals surface area contributed by atoms with Crippen LogP contribution in [0.2, 0.25) is 0 Å². The van der Waals surface area contributed by atoms with E-state index in [4.69, 9.17) is 40.1 Å². The molecule has 8 atom stereocenters. The second-order valence-corrected chi connectivity index (χ2v) is 19.0. The zero-order valence-corrected chi connectivity index (χ0v) is 44.9. The number of hydrogen-bond donors (Lipinski definition) is 18. The van der Waals surface area contributed by atoms with Gasteiger partial charge in [0.2, 0.25) is 47.3 Å². The number of nitrogens with two attached hydrogens (primary N) is 7. The number of benzene rings is 1. The highest BCUT2D eigenvalue weighted by Crippen LogP contribution is 2.20. The number of carbonyl (C=O) groups is 9. The van der Waals surface area contributed by atoms with Crippen LogP contribution in [-0.2, 0) is 56.0 Å². The molecule has 1 aromatic carbocycles. The van der Waals surface area contributed by atoms with Crippen molar-refractivity contribution in [1.29, 1.82) is 0 Å². The maximum absolute atomic E-state index is 14.6. The number of amides is 8. The monoisotopic (exact) mass is 1110 g/mol. The van der Waals surface area contributed by atoms with Gasteiger partial charge in [-0.25, -0.2) is 9.78 Å². The maximum Gasteiger partial charge on any atom is 0.326 e. The molecule has 3 rings (SSSR count). The van der Waals surface area contributed by atoms with Crippen molar-refractivity contribution in [3.8, 4) is 0 Å². The van der Waals surface area contributed by atoms with E-state index in [-0.39, 0.29) is 83.5 Å². The molecule has 0 aliphatic rings. The number of aliphatic carboxylic acids is 1. The van der Waals surface area contributed by atoms with E-state index in [1.54, 1.807) is 12.3 Å². The van der Waals surface area contributed by atoms with E-state index in [0.29, 0.717) is 56.3 Å². The minimum Gasteiger partial charge on any atom is -0.480 e. The number of para-hydroxylation sites is 1. The predicted molar refractivity (Wildman–Crippen MR) is 294 cm³/mol. The molecule has 25 N–H and O–H groups in total. The lowest BCUT2D eigenvalue weighted by molar-refractivity contribution is -0.142. The number of aromatic nitrogens is 3. The van der Waals surface area contributed by atoms with Crippen molar-refractivity contribution in [2.45, 2.75) is 145 Å². The summed E-state index contributed by atoms with van der Waals surface area (Å²) >= 11 is 0. The first-order valence-corrected chi connectivity index (χ1v) is 26.6. The minimum absolute atomic E-state index is 0.0214. The Kier molecular flexibility index (Phi) is 29.6. The molecule has 29 nitrogen and oxygen atoms in total. The summed E-state index contributed by atoms with van der Waals surface area (Å²) < 4.78 is 0. The van der Waals surface area contributed by atoms with Crippen LogP contribution in [0.3, 0.4) is 0 Å². The van der Waals surface area contributed by atoms with E-state index in [9.17, 15) is 48.3 Å². The summed E-state index contributed by atoms with van der Waals surface area (Å²) in [7, 11) is 0. The summed E-state index contributed by atoms with van der Waals surface area (Å²) in [5, 5.41) is 31.5. The second kappa shape index (κ2) is 35.6. The van der Waals surface area contributed by atoms with Crippen LogP contribution in [0.15, 0.2) is 48.0 Å². The molecule has 0 aliphatic carbocycles. The maximum atomic E-state index is 14.6. The van der Waals surface area contributed by atoms with Crippen LogP contribution in [0.4, 0.5) is 0 Å². The van der Waals surface area contributed by atoms with Crippen molar-refractivity contribution in [2.24, 2.45) is 45.1 Å². The Bertz CT molecular complexity index is 2450. The molecule has 0 unspecified atom stereocenters. The highest BCUT2D eigenvalue weighted by Gasteiger charge is 2.34. The van der Waals surface area contributed by atoms with E-state index in [1.165, 1.54) is 19.4 Å². The van der Waals surface area contributed by atoms with Gasteiger partial charge in [0.1, 0.15) is 42.3 Å². The molecule has 0 spiro atoms. The van der Waals surface area contributed by atoms with Gasteiger partial charge < -0.3 is 97.7 Å². The zero-order chi connectivity index (χ0) is 58.3. The summed E-state index contributed by atoms with van der Waals surface area (Å²) in [6, 6.07) is -2.72. The lowest BCUT2D eigenvalue weighted by Crippen LogP contribution is -2.60. The Morgan fingerprint density at radius 2 is 1.09 bits per heavy atom. The quantitative estimate of drug-likeness (QED) is 0.0145. The molecule has 8 amide bonds. The second-order valence-electron chi connectivity index (χ2n) is 19.0. The molecule has 0 saturated heterocycles. The molecule has 438 valence electrons. The minimum atomic E-state index is -1.37. The number of hydrogen-bond acceptors (Lipinski definition) is 16. The third-order valence-electron chi connectivity index (χ3n) is 12.6. The molecular formula is C50H83N19O10. The van der Waals surface area contributed by atoms with Crippen molar-refractivity contribution >= 4 is 70.1 Å². The lowest BCUT2D eigenvalue weighted by Gasteiger charge is -2.28. The average Bonchev–Trinajstić information content (AvgIpc) is 4.10. The van der Waals surface area contributed by atoms with Crippen LogP contribution in [-0.4, -0.2) is 167 Å². The molecule has 0 saturated carbocycles. The van der Waals surface area contributed by atoms with Gasteiger partial charge in [0.05, 0.1) is 18.9 Å². The van der Waals surface area contributed by atoms with E-state index < -0.39 is 108 Å². The van der Waals surface area contributed by atoms with Gasteiger partial charge in [-0.2, -0.15) is 0 Å².